The summed E-state index contributed by atoms with van der Waals surface area (Å²) in [7, 11) is -3.43. The first-order valence-corrected chi connectivity index (χ1v) is 9.58. The Labute approximate surface area is 147 Å². The third kappa shape index (κ3) is 4.97. The molecule has 0 atom stereocenters. The SMILES string of the molecule is Cc1ccc(N(CCNC(=O)c2ccc(Cl)cc2)S(C)(=O)=O)cc1. The maximum atomic E-state index is 12.0. The third-order valence-electron chi connectivity index (χ3n) is 3.43. The minimum absolute atomic E-state index is 0.154. The lowest BCUT2D eigenvalue weighted by atomic mass is 10.2. The van der Waals surface area contributed by atoms with Gasteiger partial charge in [-0.15, -0.1) is 0 Å². The summed E-state index contributed by atoms with van der Waals surface area (Å²) in [4.78, 5) is 12.0. The van der Waals surface area contributed by atoms with Crippen molar-refractivity contribution in [2.45, 2.75) is 6.92 Å². The van der Waals surface area contributed by atoms with Crippen molar-refractivity contribution in [3.05, 3.63) is 64.7 Å². The van der Waals surface area contributed by atoms with Crippen LogP contribution in [0, 0.1) is 6.92 Å². The first kappa shape index (κ1) is 18.3. The Hall–Kier alpha value is -2.05. The summed E-state index contributed by atoms with van der Waals surface area (Å²) in [6.07, 6.45) is 1.15. The first-order chi connectivity index (χ1) is 11.3. The number of rotatable bonds is 6. The zero-order valence-electron chi connectivity index (χ0n) is 13.5. The van der Waals surface area contributed by atoms with E-state index >= 15 is 0 Å². The lowest BCUT2D eigenvalue weighted by molar-refractivity contribution is 0.0955. The lowest BCUT2D eigenvalue weighted by Crippen LogP contribution is -2.38. The highest BCUT2D eigenvalue weighted by Gasteiger charge is 2.17. The van der Waals surface area contributed by atoms with Crippen LogP contribution in [-0.2, 0) is 10.0 Å². The third-order valence-corrected chi connectivity index (χ3v) is 4.88. The molecule has 0 aliphatic carbocycles. The minimum atomic E-state index is -3.43. The van der Waals surface area contributed by atoms with Gasteiger partial charge in [-0.25, -0.2) is 8.42 Å². The Balaban J connectivity index is 2.02. The van der Waals surface area contributed by atoms with E-state index in [9.17, 15) is 13.2 Å². The topological polar surface area (TPSA) is 66.5 Å². The van der Waals surface area contributed by atoms with Gasteiger partial charge in [-0.2, -0.15) is 0 Å². The van der Waals surface area contributed by atoms with Gasteiger partial charge in [0.1, 0.15) is 0 Å². The molecule has 0 aliphatic rings. The van der Waals surface area contributed by atoms with Crippen LogP contribution < -0.4 is 9.62 Å². The maximum Gasteiger partial charge on any atom is 0.251 e. The molecule has 2 aromatic rings. The van der Waals surface area contributed by atoms with Crippen LogP contribution in [0.1, 0.15) is 15.9 Å². The van der Waals surface area contributed by atoms with E-state index in [1.54, 1.807) is 36.4 Å². The van der Waals surface area contributed by atoms with E-state index < -0.39 is 10.0 Å². The number of halogens is 1. The number of sulfonamides is 1. The number of anilines is 1. The highest BCUT2D eigenvalue weighted by Crippen LogP contribution is 2.17. The van der Waals surface area contributed by atoms with Crippen molar-refractivity contribution in [3.8, 4) is 0 Å². The van der Waals surface area contributed by atoms with Gasteiger partial charge < -0.3 is 5.32 Å². The van der Waals surface area contributed by atoms with Gasteiger partial charge in [-0.1, -0.05) is 29.3 Å². The van der Waals surface area contributed by atoms with Crippen molar-refractivity contribution in [1.29, 1.82) is 0 Å². The van der Waals surface area contributed by atoms with E-state index in [2.05, 4.69) is 5.32 Å². The highest BCUT2D eigenvalue weighted by molar-refractivity contribution is 7.92. The van der Waals surface area contributed by atoms with Gasteiger partial charge in [0.15, 0.2) is 0 Å². The smallest absolute Gasteiger partial charge is 0.251 e. The van der Waals surface area contributed by atoms with Crippen LogP contribution in [0.5, 0.6) is 0 Å². The Morgan fingerprint density at radius 2 is 1.67 bits per heavy atom. The number of hydrogen-bond donors (Lipinski definition) is 1. The van der Waals surface area contributed by atoms with Crippen molar-refractivity contribution in [3.63, 3.8) is 0 Å². The van der Waals surface area contributed by atoms with Crippen LogP contribution in [0.15, 0.2) is 48.5 Å². The van der Waals surface area contributed by atoms with Crippen LogP contribution in [0.3, 0.4) is 0 Å². The van der Waals surface area contributed by atoms with Crippen molar-refractivity contribution in [2.24, 2.45) is 0 Å². The van der Waals surface area contributed by atoms with Gasteiger partial charge in [0.25, 0.3) is 5.91 Å². The highest BCUT2D eigenvalue weighted by atomic mass is 35.5. The van der Waals surface area contributed by atoms with Gasteiger partial charge in [-0.05, 0) is 43.3 Å². The normalized spacial score (nSPS) is 11.1. The molecule has 1 amide bonds. The summed E-state index contributed by atoms with van der Waals surface area (Å²) in [6, 6.07) is 13.7. The van der Waals surface area contributed by atoms with Gasteiger partial charge in [0.2, 0.25) is 10.0 Å². The summed E-state index contributed by atoms with van der Waals surface area (Å²) in [5.41, 5.74) is 2.09. The molecule has 0 fully saturated rings. The Kier molecular flexibility index (Phi) is 5.85. The predicted octanol–water partition coefficient (Wildman–Crippen LogP) is 2.84. The van der Waals surface area contributed by atoms with Crippen molar-refractivity contribution in [1.82, 2.24) is 5.32 Å². The molecule has 0 radical (unpaired) electrons. The summed E-state index contributed by atoms with van der Waals surface area (Å²) < 4.78 is 25.3. The second kappa shape index (κ2) is 7.68. The van der Waals surface area contributed by atoms with Crippen LogP contribution in [0.4, 0.5) is 5.69 Å². The number of hydrogen-bond acceptors (Lipinski definition) is 3. The molecule has 0 saturated carbocycles. The number of nitrogens with one attached hydrogen (secondary N) is 1. The zero-order valence-corrected chi connectivity index (χ0v) is 15.1. The molecule has 0 bridgehead atoms. The first-order valence-electron chi connectivity index (χ1n) is 7.35. The standard InChI is InChI=1S/C17H19ClN2O3S/c1-13-3-9-16(10-4-13)20(24(2,22)23)12-11-19-17(21)14-5-7-15(18)8-6-14/h3-10H,11-12H2,1-2H3,(H,19,21). The lowest BCUT2D eigenvalue weighted by Gasteiger charge is -2.22. The quantitative estimate of drug-likeness (QED) is 0.854. The van der Waals surface area contributed by atoms with E-state index in [1.807, 2.05) is 19.1 Å². The second-order valence-corrected chi connectivity index (χ2v) is 7.78. The molecular weight excluding hydrogens is 348 g/mol. The van der Waals surface area contributed by atoms with Gasteiger partial charge >= 0.3 is 0 Å². The van der Waals surface area contributed by atoms with Crippen molar-refractivity contribution >= 4 is 33.2 Å². The molecular formula is C17H19ClN2O3S. The number of nitrogens with zero attached hydrogens (tertiary/aromatic N) is 1. The van der Waals surface area contributed by atoms with E-state index in [0.29, 0.717) is 16.3 Å². The van der Waals surface area contributed by atoms with E-state index in [1.165, 1.54) is 4.31 Å². The number of carbonyl (C=O) groups is 1. The molecule has 0 spiro atoms. The Morgan fingerprint density at radius 3 is 2.21 bits per heavy atom. The van der Waals surface area contributed by atoms with Crippen molar-refractivity contribution in [2.75, 3.05) is 23.7 Å². The van der Waals surface area contributed by atoms with Crippen LogP contribution >= 0.6 is 11.6 Å². The van der Waals surface area contributed by atoms with Gasteiger partial charge in [0, 0.05) is 17.1 Å². The number of benzene rings is 2. The maximum absolute atomic E-state index is 12.0. The number of amides is 1. The van der Waals surface area contributed by atoms with Crippen LogP contribution in [0.25, 0.3) is 0 Å². The molecule has 1 N–H and O–H groups in total. The Morgan fingerprint density at radius 1 is 1.08 bits per heavy atom. The van der Waals surface area contributed by atoms with Gasteiger partial charge in [-0.3, -0.25) is 9.10 Å². The molecule has 24 heavy (non-hydrogen) atoms. The summed E-state index contributed by atoms with van der Waals surface area (Å²) in [6.45, 7) is 2.28. The van der Waals surface area contributed by atoms with Crippen molar-refractivity contribution < 1.29 is 13.2 Å². The molecule has 0 aromatic heterocycles. The summed E-state index contributed by atoms with van der Waals surface area (Å²) in [5, 5.41) is 3.26. The summed E-state index contributed by atoms with van der Waals surface area (Å²) >= 11 is 5.79. The molecule has 2 rings (SSSR count). The fourth-order valence-corrected chi connectivity index (χ4v) is 3.23. The molecule has 0 heterocycles. The second-order valence-electron chi connectivity index (χ2n) is 5.43. The summed E-state index contributed by atoms with van der Waals surface area (Å²) in [5.74, 6) is -0.274. The molecule has 5 nitrogen and oxygen atoms in total. The molecule has 7 heteroatoms. The molecule has 0 aliphatic heterocycles. The molecule has 2 aromatic carbocycles. The largest absolute Gasteiger partial charge is 0.350 e. The average Bonchev–Trinajstić information content (AvgIpc) is 2.52. The van der Waals surface area contributed by atoms with Crippen LogP contribution in [0.2, 0.25) is 5.02 Å². The van der Waals surface area contributed by atoms with Crippen LogP contribution in [-0.4, -0.2) is 33.7 Å². The molecule has 128 valence electrons. The monoisotopic (exact) mass is 366 g/mol. The minimum Gasteiger partial charge on any atom is -0.350 e. The molecule has 0 unspecified atom stereocenters. The van der Waals surface area contributed by atoms with Gasteiger partial charge in [0.05, 0.1) is 18.5 Å². The Bertz CT molecular complexity index is 803. The fraction of sp³-hybridized carbons (Fsp3) is 0.235. The van der Waals surface area contributed by atoms with E-state index in [4.69, 9.17) is 11.6 Å². The predicted molar refractivity (Wildman–Crippen MR) is 97.2 cm³/mol. The number of aryl methyl sites for hydroxylation is 1. The average molecular weight is 367 g/mol. The number of carbonyl (C=O) groups excluding carboxylic acids is 1. The molecule has 0 saturated heterocycles. The fourth-order valence-electron chi connectivity index (χ4n) is 2.17. The van der Waals surface area contributed by atoms with E-state index in [0.717, 1.165) is 11.8 Å². The zero-order chi connectivity index (χ0) is 17.7. The van der Waals surface area contributed by atoms with E-state index in [-0.39, 0.29) is 19.0 Å².